The second-order valence-corrected chi connectivity index (χ2v) is 8.33. The number of amides is 4. The van der Waals surface area contributed by atoms with E-state index in [0.29, 0.717) is 20.8 Å². The van der Waals surface area contributed by atoms with E-state index in [-0.39, 0.29) is 23.7 Å². The van der Waals surface area contributed by atoms with Gasteiger partial charge in [-0.3, -0.25) is 14.9 Å². The van der Waals surface area contributed by atoms with Gasteiger partial charge in [-0.15, -0.1) is 0 Å². The number of rotatable bonds is 5. The SMILES string of the molecule is O=C1NC(=O)N(c2cccc(Cl)c2)C(=O)/C1=C/c1ccc(OCc2ccc(F)cc2)c(Br)c1. The maximum absolute atomic E-state index is 13.0. The zero-order valence-corrected chi connectivity index (χ0v) is 19.2. The second kappa shape index (κ2) is 9.56. The summed E-state index contributed by atoms with van der Waals surface area (Å²) in [6, 6.07) is 16.3. The molecule has 0 atom stereocenters. The number of benzene rings is 3. The number of nitrogens with one attached hydrogen (secondary N) is 1. The van der Waals surface area contributed by atoms with Crippen molar-refractivity contribution in [1.29, 1.82) is 0 Å². The fourth-order valence-electron chi connectivity index (χ4n) is 3.14. The number of nitrogens with zero attached hydrogens (tertiary/aromatic N) is 1. The van der Waals surface area contributed by atoms with Crippen LogP contribution in [0.5, 0.6) is 5.75 Å². The lowest BCUT2D eigenvalue weighted by atomic mass is 10.1. The van der Waals surface area contributed by atoms with Gasteiger partial charge in [0, 0.05) is 5.02 Å². The summed E-state index contributed by atoms with van der Waals surface area (Å²) in [5, 5.41) is 2.51. The van der Waals surface area contributed by atoms with Gasteiger partial charge in [-0.2, -0.15) is 0 Å². The van der Waals surface area contributed by atoms with Gasteiger partial charge in [0.25, 0.3) is 11.8 Å². The second-order valence-electron chi connectivity index (χ2n) is 7.04. The van der Waals surface area contributed by atoms with Crippen LogP contribution in [0.4, 0.5) is 14.9 Å². The summed E-state index contributed by atoms with van der Waals surface area (Å²) in [4.78, 5) is 38.5. The third-order valence-corrected chi connectivity index (χ3v) is 5.60. The van der Waals surface area contributed by atoms with E-state index in [1.807, 2.05) is 0 Å². The highest BCUT2D eigenvalue weighted by molar-refractivity contribution is 9.10. The van der Waals surface area contributed by atoms with E-state index in [9.17, 15) is 18.8 Å². The van der Waals surface area contributed by atoms with Crippen LogP contribution >= 0.6 is 27.5 Å². The molecule has 4 amide bonds. The molecule has 33 heavy (non-hydrogen) atoms. The van der Waals surface area contributed by atoms with E-state index in [2.05, 4.69) is 21.2 Å². The molecule has 1 N–H and O–H groups in total. The van der Waals surface area contributed by atoms with E-state index in [4.69, 9.17) is 16.3 Å². The van der Waals surface area contributed by atoms with E-state index in [0.717, 1.165) is 10.5 Å². The fourth-order valence-corrected chi connectivity index (χ4v) is 3.83. The number of anilines is 1. The summed E-state index contributed by atoms with van der Waals surface area (Å²) < 4.78 is 19.4. The first-order chi connectivity index (χ1) is 15.8. The van der Waals surface area contributed by atoms with Crippen molar-refractivity contribution in [3.8, 4) is 5.75 Å². The van der Waals surface area contributed by atoms with E-state index < -0.39 is 17.8 Å². The van der Waals surface area contributed by atoms with Gasteiger partial charge in [0.15, 0.2) is 0 Å². The van der Waals surface area contributed by atoms with Crippen LogP contribution in [-0.2, 0) is 16.2 Å². The highest BCUT2D eigenvalue weighted by atomic mass is 79.9. The molecule has 6 nitrogen and oxygen atoms in total. The summed E-state index contributed by atoms with van der Waals surface area (Å²) in [5.41, 5.74) is 1.37. The average Bonchev–Trinajstić information content (AvgIpc) is 2.77. The largest absolute Gasteiger partial charge is 0.488 e. The number of ether oxygens (including phenoxy) is 1. The zero-order chi connectivity index (χ0) is 23.5. The first-order valence-corrected chi connectivity index (χ1v) is 10.8. The molecule has 0 unspecified atom stereocenters. The van der Waals surface area contributed by atoms with Gasteiger partial charge >= 0.3 is 6.03 Å². The van der Waals surface area contributed by atoms with Crippen LogP contribution in [0.25, 0.3) is 6.08 Å². The Morgan fingerprint density at radius 3 is 2.48 bits per heavy atom. The maximum atomic E-state index is 13.0. The molecule has 166 valence electrons. The molecule has 3 aromatic rings. The van der Waals surface area contributed by atoms with Gasteiger partial charge in [-0.25, -0.2) is 14.1 Å². The van der Waals surface area contributed by atoms with Crippen LogP contribution in [-0.4, -0.2) is 17.8 Å². The summed E-state index contributed by atoms with van der Waals surface area (Å²) in [5.74, 6) is -1.36. The molecule has 3 aromatic carbocycles. The summed E-state index contributed by atoms with van der Waals surface area (Å²) in [6.45, 7) is 0.233. The Morgan fingerprint density at radius 2 is 1.79 bits per heavy atom. The number of halogens is 3. The topological polar surface area (TPSA) is 75.7 Å². The molecule has 1 fully saturated rings. The summed E-state index contributed by atoms with van der Waals surface area (Å²) >= 11 is 9.39. The van der Waals surface area contributed by atoms with Crippen LogP contribution < -0.4 is 15.0 Å². The van der Waals surface area contributed by atoms with Gasteiger partial charge < -0.3 is 4.74 Å². The lowest BCUT2D eigenvalue weighted by Gasteiger charge is -2.26. The number of imide groups is 2. The Labute approximate surface area is 201 Å². The molecule has 1 aliphatic heterocycles. The van der Waals surface area contributed by atoms with E-state index in [1.54, 1.807) is 48.5 Å². The predicted octanol–water partition coefficient (Wildman–Crippen LogP) is 5.49. The normalized spacial score (nSPS) is 15.1. The first-order valence-electron chi connectivity index (χ1n) is 9.65. The zero-order valence-electron chi connectivity index (χ0n) is 16.8. The Hall–Kier alpha value is -3.49. The van der Waals surface area contributed by atoms with Gasteiger partial charge in [0.1, 0.15) is 23.7 Å². The van der Waals surface area contributed by atoms with Crippen molar-refractivity contribution in [3.63, 3.8) is 0 Å². The van der Waals surface area contributed by atoms with Crippen LogP contribution in [0.1, 0.15) is 11.1 Å². The number of barbiturate groups is 1. The monoisotopic (exact) mass is 528 g/mol. The Bertz CT molecular complexity index is 1290. The quantitative estimate of drug-likeness (QED) is 0.350. The Morgan fingerprint density at radius 1 is 1.03 bits per heavy atom. The molecule has 0 bridgehead atoms. The van der Waals surface area contributed by atoms with Gasteiger partial charge in [0.2, 0.25) is 0 Å². The maximum Gasteiger partial charge on any atom is 0.335 e. The molecule has 0 saturated carbocycles. The highest BCUT2D eigenvalue weighted by Crippen LogP contribution is 2.29. The smallest absolute Gasteiger partial charge is 0.335 e. The van der Waals surface area contributed by atoms with Gasteiger partial charge in [-0.1, -0.05) is 35.9 Å². The van der Waals surface area contributed by atoms with Gasteiger partial charge in [0.05, 0.1) is 10.2 Å². The lowest BCUT2D eigenvalue weighted by Crippen LogP contribution is -2.54. The van der Waals surface area contributed by atoms with Crippen molar-refractivity contribution in [1.82, 2.24) is 5.32 Å². The molecular weight excluding hydrogens is 515 g/mol. The van der Waals surface area contributed by atoms with Crippen LogP contribution in [0.2, 0.25) is 5.02 Å². The predicted molar refractivity (Wildman–Crippen MR) is 125 cm³/mol. The lowest BCUT2D eigenvalue weighted by molar-refractivity contribution is -0.122. The molecule has 1 saturated heterocycles. The Balaban J connectivity index is 1.56. The fraction of sp³-hybridized carbons (Fsp3) is 0.0417. The Kier molecular flexibility index (Phi) is 6.57. The standard InChI is InChI=1S/C24H15BrClFN2O4/c25-20-11-15(6-9-21(20)33-13-14-4-7-17(27)8-5-14)10-19-22(30)28-24(32)29(23(19)31)18-3-1-2-16(26)12-18/h1-12H,13H2,(H,28,30,32)/b19-10+. The van der Waals surface area contributed by atoms with Crippen LogP contribution in [0.15, 0.2) is 76.8 Å². The minimum atomic E-state index is -0.852. The molecule has 9 heteroatoms. The van der Waals surface area contributed by atoms with Crippen molar-refractivity contribution < 1.29 is 23.5 Å². The van der Waals surface area contributed by atoms with Crippen LogP contribution in [0, 0.1) is 5.82 Å². The van der Waals surface area contributed by atoms with Crippen molar-refractivity contribution in [2.75, 3.05) is 4.90 Å². The molecule has 0 radical (unpaired) electrons. The van der Waals surface area contributed by atoms with Crippen LogP contribution in [0.3, 0.4) is 0 Å². The number of carbonyl (C=O) groups is 3. The molecule has 4 rings (SSSR count). The highest BCUT2D eigenvalue weighted by Gasteiger charge is 2.36. The third kappa shape index (κ3) is 5.13. The molecular formula is C24H15BrClFN2O4. The number of hydrogen-bond donors (Lipinski definition) is 1. The van der Waals surface area contributed by atoms with Crippen molar-refractivity contribution >= 4 is 57.1 Å². The molecule has 1 heterocycles. The van der Waals surface area contributed by atoms with Crippen molar-refractivity contribution in [2.45, 2.75) is 6.61 Å². The number of hydrogen-bond acceptors (Lipinski definition) is 4. The number of carbonyl (C=O) groups excluding carboxylic acids is 3. The minimum Gasteiger partial charge on any atom is -0.488 e. The molecule has 0 spiro atoms. The summed E-state index contributed by atoms with van der Waals surface area (Å²) in [6.07, 6.45) is 1.39. The first kappa shape index (κ1) is 22.7. The van der Waals surface area contributed by atoms with Gasteiger partial charge in [-0.05, 0) is 75.6 Å². The molecule has 0 aromatic heterocycles. The molecule has 0 aliphatic carbocycles. The number of urea groups is 1. The summed E-state index contributed by atoms with van der Waals surface area (Å²) in [7, 11) is 0. The third-order valence-electron chi connectivity index (χ3n) is 4.74. The minimum absolute atomic E-state index is 0.207. The van der Waals surface area contributed by atoms with E-state index in [1.165, 1.54) is 24.3 Å². The van der Waals surface area contributed by atoms with Crippen molar-refractivity contribution in [3.05, 3.63) is 98.7 Å². The van der Waals surface area contributed by atoms with E-state index >= 15 is 0 Å². The molecule has 1 aliphatic rings. The van der Waals surface area contributed by atoms with Crippen molar-refractivity contribution in [2.24, 2.45) is 0 Å². The average molecular weight is 530 g/mol.